The molecule has 0 N–H and O–H groups in total. The van der Waals surface area contributed by atoms with Crippen molar-refractivity contribution >= 4 is 11.6 Å². The third-order valence-corrected chi connectivity index (χ3v) is 7.74. The number of carbonyl (C=O) groups excluding carboxylic acids is 2. The minimum absolute atomic E-state index is 0.0201. The van der Waals surface area contributed by atoms with Gasteiger partial charge in [-0.05, 0) is 72.4 Å². The van der Waals surface area contributed by atoms with Crippen LogP contribution in [0.3, 0.4) is 0 Å². The van der Waals surface area contributed by atoms with Gasteiger partial charge in [0.1, 0.15) is 11.6 Å². The van der Waals surface area contributed by atoms with Crippen molar-refractivity contribution in [3.63, 3.8) is 0 Å². The summed E-state index contributed by atoms with van der Waals surface area (Å²) in [5.74, 6) is -0.241. The van der Waals surface area contributed by atoms with Crippen LogP contribution in [0.25, 0.3) is 0 Å². The highest BCUT2D eigenvalue weighted by Gasteiger charge is 2.40. The molecule has 3 unspecified atom stereocenters. The zero-order valence-corrected chi connectivity index (χ0v) is 19.1. The molecule has 3 aromatic carbocycles. The highest BCUT2D eigenvalue weighted by molar-refractivity contribution is 6.14. The van der Waals surface area contributed by atoms with E-state index in [-0.39, 0.29) is 53.3 Å². The van der Waals surface area contributed by atoms with Crippen LogP contribution in [0.2, 0.25) is 0 Å². The quantitative estimate of drug-likeness (QED) is 0.392. The summed E-state index contributed by atoms with van der Waals surface area (Å²) in [5.41, 5.74) is 2.88. The summed E-state index contributed by atoms with van der Waals surface area (Å²) in [6.07, 6.45) is 4.54. The molecule has 2 nitrogen and oxygen atoms in total. The van der Waals surface area contributed by atoms with Crippen LogP contribution >= 0.6 is 0 Å². The molecule has 34 heavy (non-hydrogen) atoms. The van der Waals surface area contributed by atoms with Crippen molar-refractivity contribution in [3.8, 4) is 0 Å². The van der Waals surface area contributed by atoms with Gasteiger partial charge in [-0.1, -0.05) is 61.4 Å². The van der Waals surface area contributed by atoms with Gasteiger partial charge >= 0.3 is 0 Å². The van der Waals surface area contributed by atoms with E-state index in [9.17, 15) is 18.4 Å². The fourth-order valence-electron chi connectivity index (χ4n) is 6.20. The number of benzene rings is 3. The predicted molar refractivity (Wildman–Crippen MR) is 128 cm³/mol. The third-order valence-electron chi connectivity index (χ3n) is 7.74. The standard InChI is InChI=1S/C30H28F2O2/c31-23-9-3-6-19(14-23)15-28(21-7-4-10-24(32)17-21)25-13-5-8-20(25)16-22-18-29(33)26-11-1-2-12-27(26)30(22)34/h1-4,6-7,9-12,14,17,20,22,25,28H,5,8,13,15-16,18H2/t20?,22?,25?,28-/m0/s1. The molecule has 1 fully saturated rings. The van der Waals surface area contributed by atoms with Gasteiger partial charge in [-0.3, -0.25) is 9.59 Å². The molecule has 0 aromatic heterocycles. The second kappa shape index (κ2) is 9.61. The molecule has 4 heteroatoms. The first-order valence-electron chi connectivity index (χ1n) is 12.2. The third kappa shape index (κ3) is 4.59. The Hall–Kier alpha value is -3.14. The van der Waals surface area contributed by atoms with E-state index >= 15 is 0 Å². The minimum atomic E-state index is -0.310. The van der Waals surface area contributed by atoms with Crippen LogP contribution in [-0.2, 0) is 6.42 Å². The maximum absolute atomic E-state index is 14.2. The van der Waals surface area contributed by atoms with Crippen molar-refractivity contribution in [1.82, 2.24) is 0 Å². The van der Waals surface area contributed by atoms with Gasteiger partial charge in [0.25, 0.3) is 0 Å². The fraction of sp³-hybridized carbons (Fsp3) is 0.333. The average molecular weight is 459 g/mol. The Kier molecular flexibility index (Phi) is 6.40. The van der Waals surface area contributed by atoms with Crippen molar-refractivity contribution in [3.05, 3.63) is 107 Å². The number of carbonyl (C=O) groups is 2. The summed E-state index contributed by atoms with van der Waals surface area (Å²) in [4.78, 5) is 26.0. The van der Waals surface area contributed by atoms with E-state index in [4.69, 9.17) is 0 Å². The van der Waals surface area contributed by atoms with E-state index in [1.165, 1.54) is 12.1 Å². The molecule has 0 spiro atoms. The second-order valence-electron chi connectivity index (χ2n) is 9.82. The highest BCUT2D eigenvalue weighted by atomic mass is 19.1. The lowest BCUT2D eigenvalue weighted by molar-refractivity contribution is 0.0793. The fourth-order valence-corrected chi connectivity index (χ4v) is 6.20. The van der Waals surface area contributed by atoms with Gasteiger partial charge in [-0.2, -0.15) is 0 Å². The first kappa shape index (κ1) is 22.6. The molecule has 1 saturated carbocycles. The SMILES string of the molecule is O=C1CC(CC2CCCC2[C@@H](Cc2cccc(F)c2)c2cccc(F)c2)C(=O)c2ccccc21. The molecular weight excluding hydrogens is 430 g/mol. The van der Waals surface area contributed by atoms with Crippen molar-refractivity contribution < 1.29 is 18.4 Å². The van der Waals surface area contributed by atoms with Crippen molar-refractivity contribution in [2.75, 3.05) is 0 Å². The Morgan fingerprint density at radius 1 is 0.824 bits per heavy atom. The maximum Gasteiger partial charge on any atom is 0.167 e. The molecule has 2 aliphatic rings. The number of hydrogen-bond acceptors (Lipinski definition) is 2. The molecule has 0 radical (unpaired) electrons. The largest absolute Gasteiger partial charge is 0.294 e. The lowest BCUT2D eigenvalue weighted by Crippen LogP contribution is -2.30. The Labute approximate surface area is 199 Å². The van der Waals surface area contributed by atoms with Crippen LogP contribution in [0.1, 0.15) is 69.9 Å². The van der Waals surface area contributed by atoms with Crippen molar-refractivity contribution in [1.29, 1.82) is 0 Å². The summed E-state index contributed by atoms with van der Waals surface area (Å²) < 4.78 is 28.1. The number of Topliss-reactive ketones (excluding diaryl/α,β-unsaturated/α-hetero) is 2. The molecule has 3 aromatic rings. The molecule has 2 aliphatic carbocycles. The van der Waals surface area contributed by atoms with E-state index in [0.717, 1.165) is 30.4 Å². The van der Waals surface area contributed by atoms with Gasteiger partial charge in [0, 0.05) is 23.5 Å². The summed E-state index contributed by atoms with van der Waals surface area (Å²) >= 11 is 0. The summed E-state index contributed by atoms with van der Waals surface area (Å²) in [7, 11) is 0. The predicted octanol–water partition coefficient (Wildman–Crippen LogP) is 7.18. The van der Waals surface area contributed by atoms with Gasteiger partial charge in [0.05, 0.1) is 0 Å². The van der Waals surface area contributed by atoms with Crippen LogP contribution in [0.5, 0.6) is 0 Å². The Morgan fingerprint density at radius 2 is 1.56 bits per heavy atom. The van der Waals surface area contributed by atoms with Crippen molar-refractivity contribution in [2.24, 2.45) is 17.8 Å². The molecular formula is C30H28F2O2. The summed E-state index contributed by atoms with van der Waals surface area (Å²) in [5, 5.41) is 0. The van der Waals surface area contributed by atoms with Crippen LogP contribution in [0.4, 0.5) is 8.78 Å². The first-order chi connectivity index (χ1) is 16.5. The Balaban J connectivity index is 1.42. The smallest absolute Gasteiger partial charge is 0.167 e. The number of halogens is 2. The van der Waals surface area contributed by atoms with Gasteiger partial charge in [-0.15, -0.1) is 0 Å². The zero-order valence-electron chi connectivity index (χ0n) is 19.1. The van der Waals surface area contributed by atoms with E-state index < -0.39 is 0 Å². The minimum Gasteiger partial charge on any atom is -0.294 e. The molecule has 0 saturated heterocycles. The van der Waals surface area contributed by atoms with E-state index in [1.807, 2.05) is 18.2 Å². The summed E-state index contributed by atoms with van der Waals surface area (Å²) in [6.45, 7) is 0. The summed E-state index contributed by atoms with van der Waals surface area (Å²) in [6, 6.07) is 20.4. The first-order valence-corrected chi connectivity index (χ1v) is 12.2. The van der Waals surface area contributed by atoms with Gasteiger partial charge in [0.15, 0.2) is 11.6 Å². The Bertz CT molecular complexity index is 1220. The normalized spacial score (nSPS) is 23.1. The molecule has 174 valence electrons. The molecule has 0 amide bonds. The number of hydrogen-bond donors (Lipinski definition) is 0. The second-order valence-corrected chi connectivity index (χ2v) is 9.82. The average Bonchev–Trinajstić information content (AvgIpc) is 3.29. The van der Waals surface area contributed by atoms with Crippen LogP contribution < -0.4 is 0 Å². The van der Waals surface area contributed by atoms with Gasteiger partial charge < -0.3 is 0 Å². The molecule has 0 bridgehead atoms. The molecule has 0 aliphatic heterocycles. The van der Waals surface area contributed by atoms with E-state index in [1.54, 1.807) is 42.5 Å². The topological polar surface area (TPSA) is 34.1 Å². The zero-order chi connectivity index (χ0) is 23.7. The van der Waals surface area contributed by atoms with Crippen LogP contribution in [-0.4, -0.2) is 11.6 Å². The van der Waals surface area contributed by atoms with Gasteiger partial charge in [0.2, 0.25) is 0 Å². The highest BCUT2D eigenvalue weighted by Crippen LogP contribution is 2.47. The number of ketones is 2. The molecule has 0 heterocycles. The van der Waals surface area contributed by atoms with Gasteiger partial charge in [-0.25, -0.2) is 8.78 Å². The lowest BCUT2D eigenvalue weighted by atomic mass is 9.71. The van der Waals surface area contributed by atoms with E-state index in [0.29, 0.717) is 24.0 Å². The maximum atomic E-state index is 14.2. The van der Waals surface area contributed by atoms with Crippen molar-refractivity contribution in [2.45, 2.75) is 44.4 Å². The monoisotopic (exact) mass is 458 g/mol. The van der Waals surface area contributed by atoms with E-state index in [2.05, 4.69) is 0 Å². The molecule has 4 atom stereocenters. The van der Waals surface area contributed by atoms with Crippen LogP contribution in [0, 0.1) is 29.4 Å². The Morgan fingerprint density at radius 3 is 2.32 bits per heavy atom. The number of fused-ring (bicyclic) bond motifs is 1. The van der Waals surface area contributed by atoms with Crippen LogP contribution in [0.15, 0.2) is 72.8 Å². The lowest BCUT2D eigenvalue weighted by Gasteiger charge is -2.32. The molecule has 5 rings (SSSR count). The number of rotatable bonds is 6.